The Labute approximate surface area is 128 Å². The predicted octanol–water partition coefficient (Wildman–Crippen LogP) is 2.82. The molecule has 0 radical (unpaired) electrons. The van der Waals surface area contributed by atoms with Gasteiger partial charge in [-0.25, -0.2) is 0 Å². The van der Waals surface area contributed by atoms with Crippen molar-refractivity contribution in [2.24, 2.45) is 0 Å². The standard InChI is InChI=1S/C16H29N3O2/c1-11(2)19(12(3)4)8-7-18-14-10-16(21-6)15(20-5)9-13(14)17/h9-12,18H,7-8,17H2,1-6H3. The zero-order valence-corrected chi connectivity index (χ0v) is 14.1. The highest BCUT2D eigenvalue weighted by atomic mass is 16.5. The molecule has 0 aromatic heterocycles. The van der Waals surface area contributed by atoms with Crippen molar-refractivity contribution in [1.82, 2.24) is 4.90 Å². The third kappa shape index (κ3) is 4.70. The summed E-state index contributed by atoms with van der Waals surface area (Å²) in [5.41, 5.74) is 7.58. The summed E-state index contributed by atoms with van der Waals surface area (Å²) < 4.78 is 10.5. The lowest BCUT2D eigenvalue weighted by atomic mass is 10.2. The highest BCUT2D eigenvalue weighted by Crippen LogP contribution is 2.34. The van der Waals surface area contributed by atoms with Crippen LogP contribution in [0, 0.1) is 0 Å². The van der Waals surface area contributed by atoms with Crippen LogP contribution in [0.15, 0.2) is 12.1 Å². The largest absolute Gasteiger partial charge is 0.493 e. The van der Waals surface area contributed by atoms with E-state index in [0.29, 0.717) is 29.3 Å². The van der Waals surface area contributed by atoms with Gasteiger partial charge in [-0.15, -0.1) is 0 Å². The molecule has 3 N–H and O–H groups in total. The summed E-state index contributed by atoms with van der Waals surface area (Å²) in [7, 11) is 3.23. The highest BCUT2D eigenvalue weighted by Gasteiger charge is 2.13. The molecular weight excluding hydrogens is 266 g/mol. The van der Waals surface area contributed by atoms with Crippen LogP contribution >= 0.6 is 0 Å². The van der Waals surface area contributed by atoms with E-state index < -0.39 is 0 Å². The number of benzene rings is 1. The van der Waals surface area contributed by atoms with E-state index in [0.717, 1.165) is 18.8 Å². The summed E-state index contributed by atoms with van der Waals surface area (Å²) in [5.74, 6) is 1.32. The second-order valence-corrected chi connectivity index (χ2v) is 5.65. The van der Waals surface area contributed by atoms with Gasteiger partial charge in [0.15, 0.2) is 11.5 Å². The van der Waals surface area contributed by atoms with Crippen molar-refractivity contribution >= 4 is 11.4 Å². The van der Waals surface area contributed by atoms with Gasteiger partial charge in [0.25, 0.3) is 0 Å². The second-order valence-electron chi connectivity index (χ2n) is 5.65. The zero-order chi connectivity index (χ0) is 16.0. The number of anilines is 2. The molecule has 0 heterocycles. The molecule has 5 heteroatoms. The molecule has 120 valence electrons. The Bertz CT molecular complexity index is 439. The number of rotatable bonds is 8. The van der Waals surface area contributed by atoms with Gasteiger partial charge in [0, 0.05) is 37.3 Å². The SMILES string of the molecule is COc1cc(N)c(NCCN(C(C)C)C(C)C)cc1OC. The minimum Gasteiger partial charge on any atom is -0.493 e. The van der Waals surface area contributed by atoms with E-state index in [1.165, 1.54) is 0 Å². The lowest BCUT2D eigenvalue weighted by Crippen LogP contribution is -2.40. The number of nitrogens with two attached hydrogens (primary N) is 1. The van der Waals surface area contributed by atoms with Crippen molar-refractivity contribution in [2.75, 3.05) is 38.4 Å². The normalized spacial score (nSPS) is 11.3. The van der Waals surface area contributed by atoms with Gasteiger partial charge in [-0.05, 0) is 27.7 Å². The number of nitrogen functional groups attached to an aromatic ring is 1. The van der Waals surface area contributed by atoms with Gasteiger partial charge >= 0.3 is 0 Å². The monoisotopic (exact) mass is 295 g/mol. The first-order valence-electron chi connectivity index (χ1n) is 7.41. The molecule has 1 aromatic rings. The molecule has 0 fully saturated rings. The van der Waals surface area contributed by atoms with Gasteiger partial charge in [-0.2, -0.15) is 0 Å². The number of ether oxygens (including phenoxy) is 2. The van der Waals surface area contributed by atoms with Crippen LogP contribution in [0.4, 0.5) is 11.4 Å². The molecule has 0 saturated carbocycles. The molecule has 0 aliphatic rings. The van der Waals surface area contributed by atoms with E-state index in [-0.39, 0.29) is 0 Å². The van der Waals surface area contributed by atoms with Gasteiger partial charge in [0.1, 0.15) is 0 Å². The molecule has 1 aromatic carbocycles. The Morgan fingerprint density at radius 1 is 1.05 bits per heavy atom. The Kier molecular flexibility index (Phi) is 6.62. The lowest BCUT2D eigenvalue weighted by molar-refractivity contribution is 0.182. The average Bonchev–Trinajstić information content (AvgIpc) is 2.43. The Hall–Kier alpha value is -1.62. The van der Waals surface area contributed by atoms with Crippen molar-refractivity contribution in [1.29, 1.82) is 0 Å². The molecule has 0 saturated heterocycles. The van der Waals surface area contributed by atoms with Gasteiger partial charge < -0.3 is 20.5 Å². The topological polar surface area (TPSA) is 59.8 Å². The molecule has 0 aliphatic carbocycles. The third-order valence-corrected chi connectivity index (χ3v) is 3.57. The molecule has 1 rings (SSSR count). The van der Waals surface area contributed by atoms with Gasteiger partial charge in [-0.1, -0.05) is 0 Å². The number of nitrogens with zero attached hydrogens (tertiary/aromatic N) is 1. The van der Waals surface area contributed by atoms with Crippen LogP contribution in [0.3, 0.4) is 0 Å². The Morgan fingerprint density at radius 3 is 2.05 bits per heavy atom. The molecule has 0 atom stereocenters. The second kappa shape index (κ2) is 7.98. The summed E-state index contributed by atoms with van der Waals surface area (Å²) in [6.07, 6.45) is 0. The summed E-state index contributed by atoms with van der Waals surface area (Å²) in [6.45, 7) is 10.6. The summed E-state index contributed by atoms with van der Waals surface area (Å²) in [6, 6.07) is 4.71. The number of methoxy groups -OCH3 is 2. The fourth-order valence-electron chi connectivity index (χ4n) is 2.48. The molecule has 5 nitrogen and oxygen atoms in total. The Balaban J connectivity index is 2.71. The van der Waals surface area contributed by atoms with Crippen molar-refractivity contribution < 1.29 is 9.47 Å². The molecule has 0 bridgehead atoms. The van der Waals surface area contributed by atoms with Crippen LogP contribution in [0.5, 0.6) is 11.5 Å². The molecule has 0 aliphatic heterocycles. The lowest BCUT2D eigenvalue weighted by Gasteiger charge is -2.30. The predicted molar refractivity (Wildman–Crippen MR) is 89.4 cm³/mol. The first-order chi connectivity index (χ1) is 9.90. The van der Waals surface area contributed by atoms with E-state index in [9.17, 15) is 0 Å². The van der Waals surface area contributed by atoms with Crippen LogP contribution in [0.1, 0.15) is 27.7 Å². The van der Waals surface area contributed by atoms with Crippen LogP contribution in [-0.2, 0) is 0 Å². The quantitative estimate of drug-likeness (QED) is 0.722. The molecule has 0 spiro atoms. The van der Waals surface area contributed by atoms with Gasteiger partial charge in [0.2, 0.25) is 0 Å². The van der Waals surface area contributed by atoms with E-state index in [2.05, 4.69) is 37.9 Å². The summed E-state index contributed by atoms with van der Waals surface area (Å²) in [4.78, 5) is 2.43. The minimum absolute atomic E-state index is 0.523. The van der Waals surface area contributed by atoms with Gasteiger partial charge in [-0.3, -0.25) is 4.90 Å². The molecule has 0 unspecified atom stereocenters. The minimum atomic E-state index is 0.523. The molecule has 0 amide bonds. The first kappa shape index (κ1) is 17.4. The van der Waals surface area contributed by atoms with Crippen LogP contribution in [0.2, 0.25) is 0 Å². The zero-order valence-electron chi connectivity index (χ0n) is 14.1. The maximum Gasteiger partial charge on any atom is 0.162 e. The number of nitrogens with one attached hydrogen (secondary N) is 1. The summed E-state index contributed by atoms with van der Waals surface area (Å²) in [5, 5.41) is 3.38. The maximum atomic E-state index is 6.05. The van der Waals surface area contributed by atoms with Crippen molar-refractivity contribution in [2.45, 2.75) is 39.8 Å². The average molecular weight is 295 g/mol. The third-order valence-electron chi connectivity index (χ3n) is 3.57. The van der Waals surface area contributed by atoms with E-state index >= 15 is 0 Å². The van der Waals surface area contributed by atoms with E-state index in [1.807, 2.05) is 6.07 Å². The highest BCUT2D eigenvalue weighted by molar-refractivity contribution is 5.72. The van der Waals surface area contributed by atoms with Crippen LogP contribution < -0.4 is 20.5 Å². The molecular formula is C16H29N3O2. The number of hydrogen-bond acceptors (Lipinski definition) is 5. The van der Waals surface area contributed by atoms with E-state index in [4.69, 9.17) is 15.2 Å². The molecule has 21 heavy (non-hydrogen) atoms. The fourth-order valence-corrected chi connectivity index (χ4v) is 2.48. The van der Waals surface area contributed by atoms with Crippen LogP contribution in [0.25, 0.3) is 0 Å². The van der Waals surface area contributed by atoms with Crippen molar-refractivity contribution in [3.8, 4) is 11.5 Å². The fraction of sp³-hybridized carbons (Fsp3) is 0.625. The van der Waals surface area contributed by atoms with Crippen molar-refractivity contribution in [3.05, 3.63) is 12.1 Å². The smallest absolute Gasteiger partial charge is 0.162 e. The van der Waals surface area contributed by atoms with Gasteiger partial charge in [0.05, 0.1) is 25.6 Å². The van der Waals surface area contributed by atoms with E-state index in [1.54, 1.807) is 20.3 Å². The maximum absolute atomic E-state index is 6.05. The van der Waals surface area contributed by atoms with Crippen LogP contribution in [-0.4, -0.2) is 44.3 Å². The Morgan fingerprint density at radius 2 is 1.57 bits per heavy atom. The van der Waals surface area contributed by atoms with Crippen molar-refractivity contribution in [3.63, 3.8) is 0 Å². The first-order valence-corrected chi connectivity index (χ1v) is 7.41. The number of hydrogen-bond donors (Lipinski definition) is 2. The summed E-state index contributed by atoms with van der Waals surface area (Å²) >= 11 is 0.